The Morgan fingerprint density at radius 1 is 1.04 bits per heavy atom. The van der Waals surface area contributed by atoms with Gasteiger partial charge in [0.1, 0.15) is 5.75 Å². The molecule has 0 spiro atoms. The lowest BCUT2D eigenvalue weighted by Crippen LogP contribution is -2.19. The van der Waals surface area contributed by atoms with Crippen molar-refractivity contribution < 1.29 is 9.90 Å². The minimum absolute atomic E-state index is 0.0680. The predicted octanol–water partition coefficient (Wildman–Crippen LogP) is 4.46. The number of phenols is 1. The SMILES string of the molecule is C/C(=N/NC(=O)c1cc2ccccc2cc1O)c1cccc(Br)c1. The summed E-state index contributed by atoms with van der Waals surface area (Å²) in [4.78, 5) is 12.3. The van der Waals surface area contributed by atoms with Crippen molar-refractivity contribution in [2.24, 2.45) is 5.10 Å². The molecule has 3 aromatic rings. The molecule has 4 nitrogen and oxygen atoms in total. The molecule has 0 aliphatic heterocycles. The Labute approximate surface area is 148 Å². The molecule has 3 rings (SSSR count). The molecule has 0 bridgehead atoms. The molecule has 0 aliphatic carbocycles. The van der Waals surface area contributed by atoms with Crippen molar-refractivity contribution in [3.63, 3.8) is 0 Å². The van der Waals surface area contributed by atoms with Crippen LogP contribution in [0.15, 0.2) is 70.2 Å². The smallest absolute Gasteiger partial charge is 0.275 e. The number of carbonyl (C=O) groups excluding carboxylic acids is 1. The zero-order chi connectivity index (χ0) is 17.1. The van der Waals surface area contributed by atoms with E-state index in [1.54, 1.807) is 12.1 Å². The molecule has 0 heterocycles. The lowest BCUT2D eigenvalue weighted by molar-refractivity contribution is 0.0952. The zero-order valence-electron chi connectivity index (χ0n) is 13.0. The third-order valence-corrected chi connectivity index (χ3v) is 4.17. The second-order valence-electron chi connectivity index (χ2n) is 5.36. The molecule has 0 aliphatic rings. The number of hydrogen-bond acceptors (Lipinski definition) is 3. The molecule has 120 valence electrons. The van der Waals surface area contributed by atoms with E-state index in [-0.39, 0.29) is 11.3 Å². The molecule has 0 aromatic heterocycles. The lowest BCUT2D eigenvalue weighted by atomic mass is 10.1. The number of rotatable bonds is 3. The molecule has 0 unspecified atom stereocenters. The van der Waals surface area contributed by atoms with E-state index >= 15 is 0 Å². The van der Waals surface area contributed by atoms with E-state index in [1.807, 2.05) is 55.5 Å². The van der Waals surface area contributed by atoms with Crippen LogP contribution >= 0.6 is 15.9 Å². The summed E-state index contributed by atoms with van der Waals surface area (Å²) in [7, 11) is 0. The van der Waals surface area contributed by atoms with Gasteiger partial charge in [0.25, 0.3) is 5.91 Å². The fraction of sp³-hybridized carbons (Fsp3) is 0.0526. The molecule has 0 fully saturated rings. The number of amides is 1. The van der Waals surface area contributed by atoms with Gasteiger partial charge in [0.05, 0.1) is 11.3 Å². The topological polar surface area (TPSA) is 61.7 Å². The Morgan fingerprint density at radius 2 is 1.75 bits per heavy atom. The summed E-state index contributed by atoms with van der Waals surface area (Å²) in [5.41, 5.74) is 4.26. The van der Waals surface area contributed by atoms with Gasteiger partial charge in [-0.15, -0.1) is 0 Å². The van der Waals surface area contributed by atoms with Crippen LogP contribution in [0.25, 0.3) is 10.8 Å². The van der Waals surface area contributed by atoms with E-state index in [1.165, 1.54) is 0 Å². The average molecular weight is 383 g/mol. The maximum Gasteiger partial charge on any atom is 0.275 e. The second kappa shape index (κ2) is 6.84. The van der Waals surface area contributed by atoms with Crippen molar-refractivity contribution in [1.82, 2.24) is 5.43 Å². The molecular formula is C19H15BrN2O2. The summed E-state index contributed by atoms with van der Waals surface area (Å²) in [6.07, 6.45) is 0. The Hall–Kier alpha value is -2.66. The first-order chi connectivity index (χ1) is 11.5. The van der Waals surface area contributed by atoms with E-state index in [9.17, 15) is 9.90 Å². The number of halogens is 1. The van der Waals surface area contributed by atoms with Gasteiger partial charge >= 0.3 is 0 Å². The van der Waals surface area contributed by atoms with Gasteiger partial charge in [0.2, 0.25) is 0 Å². The van der Waals surface area contributed by atoms with Crippen LogP contribution in [-0.4, -0.2) is 16.7 Å². The van der Waals surface area contributed by atoms with Crippen molar-refractivity contribution in [1.29, 1.82) is 0 Å². The highest BCUT2D eigenvalue weighted by atomic mass is 79.9. The maximum absolute atomic E-state index is 12.3. The van der Waals surface area contributed by atoms with Crippen LogP contribution in [0, 0.1) is 0 Å². The fourth-order valence-corrected chi connectivity index (χ4v) is 2.78. The van der Waals surface area contributed by atoms with Crippen LogP contribution in [0.3, 0.4) is 0 Å². The van der Waals surface area contributed by atoms with Crippen LogP contribution in [0.5, 0.6) is 5.75 Å². The van der Waals surface area contributed by atoms with Crippen molar-refractivity contribution in [3.05, 3.63) is 76.3 Å². The monoisotopic (exact) mass is 382 g/mol. The summed E-state index contributed by atoms with van der Waals surface area (Å²) in [5, 5.41) is 16.0. The van der Waals surface area contributed by atoms with E-state index in [0.29, 0.717) is 5.71 Å². The van der Waals surface area contributed by atoms with Crippen molar-refractivity contribution in [3.8, 4) is 5.75 Å². The van der Waals surface area contributed by atoms with Gasteiger partial charge in [-0.05, 0) is 47.5 Å². The number of carbonyl (C=O) groups is 1. The number of fused-ring (bicyclic) bond motifs is 1. The van der Waals surface area contributed by atoms with Crippen LogP contribution in [0.4, 0.5) is 0 Å². The Kier molecular flexibility index (Phi) is 4.62. The number of hydrogen-bond donors (Lipinski definition) is 2. The summed E-state index contributed by atoms with van der Waals surface area (Å²) >= 11 is 3.40. The Bertz CT molecular complexity index is 951. The number of aromatic hydroxyl groups is 1. The molecule has 0 saturated heterocycles. The largest absolute Gasteiger partial charge is 0.507 e. The van der Waals surface area contributed by atoms with E-state index in [4.69, 9.17) is 0 Å². The molecule has 5 heteroatoms. The molecule has 2 N–H and O–H groups in total. The van der Waals surface area contributed by atoms with Crippen LogP contribution in [0.2, 0.25) is 0 Å². The Balaban J connectivity index is 1.84. The molecule has 3 aromatic carbocycles. The molecule has 24 heavy (non-hydrogen) atoms. The zero-order valence-corrected chi connectivity index (χ0v) is 14.5. The minimum atomic E-state index is -0.451. The third kappa shape index (κ3) is 3.46. The third-order valence-electron chi connectivity index (χ3n) is 3.68. The van der Waals surface area contributed by atoms with Crippen LogP contribution < -0.4 is 5.43 Å². The number of nitrogens with zero attached hydrogens (tertiary/aromatic N) is 1. The summed E-state index contributed by atoms with van der Waals surface area (Å²) in [6, 6.07) is 18.4. The quantitative estimate of drug-likeness (QED) is 0.518. The average Bonchev–Trinajstić information content (AvgIpc) is 2.58. The van der Waals surface area contributed by atoms with Crippen molar-refractivity contribution in [2.75, 3.05) is 0 Å². The van der Waals surface area contributed by atoms with Crippen LogP contribution in [-0.2, 0) is 0 Å². The van der Waals surface area contributed by atoms with Crippen molar-refractivity contribution >= 4 is 38.3 Å². The minimum Gasteiger partial charge on any atom is -0.507 e. The standard InChI is InChI=1S/C19H15BrN2O2/c1-12(13-7-4-8-16(20)9-13)21-22-19(24)17-10-14-5-2-3-6-15(14)11-18(17)23/h2-11,23H,1H3,(H,22,24)/b21-12-. The van der Waals surface area contributed by atoms with Gasteiger partial charge in [0, 0.05) is 4.47 Å². The van der Waals surface area contributed by atoms with Gasteiger partial charge in [-0.25, -0.2) is 5.43 Å². The first-order valence-corrected chi connectivity index (χ1v) is 8.16. The van der Waals surface area contributed by atoms with E-state index < -0.39 is 5.91 Å². The Morgan fingerprint density at radius 3 is 2.46 bits per heavy atom. The van der Waals surface area contributed by atoms with E-state index in [2.05, 4.69) is 26.5 Å². The first-order valence-electron chi connectivity index (χ1n) is 7.37. The summed E-state index contributed by atoms with van der Waals surface area (Å²) in [5.74, 6) is -0.519. The van der Waals surface area contributed by atoms with Gasteiger partial charge in [0.15, 0.2) is 0 Å². The second-order valence-corrected chi connectivity index (χ2v) is 6.28. The summed E-state index contributed by atoms with van der Waals surface area (Å²) < 4.78 is 0.938. The van der Waals surface area contributed by atoms with E-state index in [0.717, 1.165) is 20.8 Å². The molecule has 0 saturated carbocycles. The van der Waals surface area contributed by atoms with Gasteiger partial charge in [-0.3, -0.25) is 4.79 Å². The molecule has 1 amide bonds. The molecule has 0 radical (unpaired) electrons. The number of benzene rings is 3. The highest BCUT2D eigenvalue weighted by molar-refractivity contribution is 9.10. The number of phenolic OH excluding ortho intramolecular Hbond substituents is 1. The molecular weight excluding hydrogens is 368 g/mol. The van der Waals surface area contributed by atoms with Gasteiger partial charge in [-0.2, -0.15) is 5.10 Å². The highest BCUT2D eigenvalue weighted by Gasteiger charge is 2.12. The predicted molar refractivity (Wildman–Crippen MR) is 99.4 cm³/mol. The fourth-order valence-electron chi connectivity index (χ4n) is 2.38. The van der Waals surface area contributed by atoms with Crippen molar-refractivity contribution in [2.45, 2.75) is 6.92 Å². The number of hydrazone groups is 1. The summed E-state index contributed by atoms with van der Waals surface area (Å²) in [6.45, 7) is 1.81. The van der Waals surface area contributed by atoms with Gasteiger partial charge < -0.3 is 5.11 Å². The highest BCUT2D eigenvalue weighted by Crippen LogP contribution is 2.24. The molecule has 0 atom stereocenters. The maximum atomic E-state index is 12.3. The lowest BCUT2D eigenvalue weighted by Gasteiger charge is -2.07. The van der Waals surface area contributed by atoms with Crippen LogP contribution in [0.1, 0.15) is 22.8 Å². The normalized spacial score (nSPS) is 11.5. The number of nitrogens with one attached hydrogen (secondary N) is 1. The first kappa shape index (κ1) is 16.2. The van der Waals surface area contributed by atoms with Gasteiger partial charge in [-0.1, -0.05) is 52.3 Å².